The van der Waals surface area contributed by atoms with Gasteiger partial charge in [-0.3, -0.25) is 4.79 Å². The van der Waals surface area contributed by atoms with Crippen LogP contribution < -0.4 is 0 Å². The zero-order valence-electron chi connectivity index (χ0n) is 17.4. The molecule has 0 unspecified atom stereocenters. The normalized spacial score (nSPS) is 13.5. The molecule has 0 atom stereocenters. The number of allylic oxidation sites excluding steroid dienone is 1. The van der Waals surface area contributed by atoms with E-state index in [-0.39, 0.29) is 31.9 Å². The average molecular weight is 559 g/mol. The molecule has 0 saturated heterocycles. The Morgan fingerprint density at radius 3 is 2.26 bits per heavy atom. The molecule has 3 aromatic rings. The third kappa shape index (κ3) is 5.21. The summed E-state index contributed by atoms with van der Waals surface area (Å²) in [5, 5.41) is 0.772. The summed E-state index contributed by atoms with van der Waals surface area (Å²) in [6, 6.07) is 27.3. The van der Waals surface area contributed by atoms with E-state index in [4.69, 9.17) is 11.6 Å². The van der Waals surface area contributed by atoms with Gasteiger partial charge < -0.3 is 0 Å². The lowest BCUT2D eigenvalue weighted by Gasteiger charge is -2.34. The Labute approximate surface area is 203 Å². The Kier molecular flexibility index (Phi) is 7.47. The van der Waals surface area contributed by atoms with Crippen molar-refractivity contribution >= 4 is 52.7 Å². The second-order valence-electron chi connectivity index (χ2n) is 7.54. The van der Waals surface area contributed by atoms with Crippen LogP contribution in [0.1, 0.15) is 37.3 Å². The number of benzene rings is 3. The number of hydrogen-bond acceptors (Lipinski definition) is 2. The molecule has 3 aromatic carbocycles. The summed E-state index contributed by atoms with van der Waals surface area (Å²) < 4.78 is 2.69. The van der Waals surface area contributed by atoms with E-state index in [1.165, 1.54) is 22.4 Å². The summed E-state index contributed by atoms with van der Waals surface area (Å²) in [5.74, 6) is 0.191. The molecule has 0 radical (unpaired) electrons. The maximum atomic E-state index is 12.8. The molecule has 1 nitrogen and oxygen atoms in total. The van der Waals surface area contributed by atoms with E-state index < -0.39 is 0 Å². The second-order valence-corrected chi connectivity index (χ2v) is 12.7. The predicted octanol–water partition coefficient (Wildman–Crippen LogP) is 8.02. The Morgan fingerprint density at radius 1 is 1.00 bits per heavy atom. The van der Waals surface area contributed by atoms with Crippen molar-refractivity contribution < 1.29 is 4.79 Å². The number of carbonyl (C=O) groups excluding carboxylic acids is 1. The Hall–Kier alpha value is -1.69. The summed E-state index contributed by atoms with van der Waals surface area (Å²) in [7, 11) is 0. The minimum atomic E-state index is -0.216. The number of ketones is 1. The highest BCUT2D eigenvalue weighted by atomic mass is 127. The van der Waals surface area contributed by atoms with Crippen molar-refractivity contribution in [3.05, 3.63) is 111 Å². The number of fused-ring (bicyclic) bond motifs is 1. The molecule has 0 bridgehead atoms. The number of rotatable bonds is 8. The molecule has 0 amide bonds. The fourth-order valence-electron chi connectivity index (χ4n) is 4.06. The van der Waals surface area contributed by atoms with Gasteiger partial charge >= 0.3 is 0 Å². The highest BCUT2D eigenvalue weighted by molar-refractivity contribution is 14.2. The minimum Gasteiger partial charge on any atom is -0.295 e. The molecule has 158 valence electrons. The molecule has 0 fully saturated rings. The van der Waals surface area contributed by atoms with E-state index in [1.807, 2.05) is 30.3 Å². The molecule has 0 aliphatic carbocycles. The third-order valence-corrected chi connectivity index (χ3v) is 10.8. The van der Waals surface area contributed by atoms with Crippen LogP contribution in [0.5, 0.6) is 0 Å². The lowest BCUT2D eigenvalue weighted by molar-refractivity contribution is -0.114. The standard InChI is InChI=1S/C27H24ClIOS/c1-2-27(20-9-5-3-6-10-20,21-11-7-4-8-12-21)18-17-23(30)14-16-26-29-24-15-13-22(28)19-25(24)31-26/h3-16,19H,2,17-18H2,1H3/b16-14+. The highest BCUT2D eigenvalue weighted by Crippen LogP contribution is 2.41. The summed E-state index contributed by atoms with van der Waals surface area (Å²) in [4.78, 5) is 14.1. The van der Waals surface area contributed by atoms with E-state index >= 15 is 0 Å². The smallest absolute Gasteiger partial charge is 0.155 e. The third-order valence-electron chi connectivity index (χ3n) is 5.75. The van der Waals surface area contributed by atoms with E-state index in [0.29, 0.717) is 6.42 Å². The van der Waals surface area contributed by atoms with Crippen molar-refractivity contribution in [2.24, 2.45) is 0 Å². The number of hydrogen-bond donors (Lipinski definition) is 0. The van der Waals surface area contributed by atoms with Crippen molar-refractivity contribution in [3.63, 3.8) is 0 Å². The SMILES string of the molecule is CCC(CCC(=O)/C=C/C1=Ic2ccc(Cl)cc2S1)(c1ccccc1)c1ccccc1. The van der Waals surface area contributed by atoms with Gasteiger partial charge in [0.2, 0.25) is 0 Å². The summed E-state index contributed by atoms with van der Waals surface area (Å²) in [5.41, 5.74) is 2.40. The lowest BCUT2D eigenvalue weighted by Crippen LogP contribution is -2.27. The van der Waals surface area contributed by atoms with Crippen LogP contribution in [-0.2, 0) is 10.2 Å². The van der Waals surface area contributed by atoms with E-state index in [2.05, 4.69) is 61.5 Å². The molecule has 1 heterocycles. The van der Waals surface area contributed by atoms with E-state index in [0.717, 1.165) is 17.9 Å². The molecular weight excluding hydrogens is 535 g/mol. The van der Waals surface area contributed by atoms with Crippen LogP contribution in [0.4, 0.5) is 0 Å². The highest BCUT2D eigenvalue weighted by Gasteiger charge is 2.32. The quantitative estimate of drug-likeness (QED) is 0.206. The van der Waals surface area contributed by atoms with Gasteiger partial charge in [0.25, 0.3) is 0 Å². The van der Waals surface area contributed by atoms with Crippen LogP contribution in [0, 0.1) is 3.57 Å². The van der Waals surface area contributed by atoms with Crippen molar-refractivity contribution in [3.8, 4) is 0 Å². The van der Waals surface area contributed by atoms with Gasteiger partial charge in [0.05, 0.1) is 0 Å². The van der Waals surface area contributed by atoms with Gasteiger partial charge in [0, 0.05) is 28.2 Å². The van der Waals surface area contributed by atoms with Crippen LogP contribution in [-0.4, -0.2) is 8.62 Å². The van der Waals surface area contributed by atoms with Crippen LogP contribution in [0.25, 0.3) is 0 Å². The van der Waals surface area contributed by atoms with Crippen LogP contribution in [0.2, 0.25) is 5.02 Å². The van der Waals surface area contributed by atoms with Gasteiger partial charge in [0.15, 0.2) is 5.78 Å². The first-order valence-corrected chi connectivity index (χ1v) is 13.8. The van der Waals surface area contributed by atoms with Crippen molar-refractivity contribution in [1.82, 2.24) is 0 Å². The Morgan fingerprint density at radius 2 is 1.65 bits per heavy atom. The fraction of sp³-hybridized carbons (Fsp3) is 0.185. The Balaban J connectivity index is 1.49. The summed E-state index contributed by atoms with van der Waals surface area (Å²) >= 11 is 7.66. The molecule has 31 heavy (non-hydrogen) atoms. The maximum absolute atomic E-state index is 12.8. The van der Waals surface area contributed by atoms with Crippen LogP contribution >= 0.6 is 44.1 Å². The largest absolute Gasteiger partial charge is 0.295 e. The van der Waals surface area contributed by atoms with Crippen LogP contribution in [0.3, 0.4) is 0 Å². The molecular formula is C27H24ClIOS. The zero-order valence-corrected chi connectivity index (χ0v) is 21.1. The van der Waals surface area contributed by atoms with E-state index in [1.54, 1.807) is 17.8 Å². The van der Waals surface area contributed by atoms with Gasteiger partial charge in [0.1, 0.15) is 0 Å². The van der Waals surface area contributed by atoms with Gasteiger partial charge in [-0.15, -0.1) is 0 Å². The predicted molar refractivity (Wildman–Crippen MR) is 142 cm³/mol. The van der Waals surface area contributed by atoms with Crippen molar-refractivity contribution in [1.29, 1.82) is 0 Å². The number of thioether (sulfide) groups is 1. The molecule has 0 N–H and O–H groups in total. The molecule has 0 spiro atoms. The van der Waals surface area contributed by atoms with Crippen molar-refractivity contribution in [2.45, 2.75) is 36.5 Å². The Bertz CT molecular complexity index is 1080. The van der Waals surface area contributed by atoms with Gasteiger partial charge in [-0.25, -0.2) is 0 Å². The van der Waals surface area contributed by atoms with Gasteiger partial charge in [-0.05, 0) is 54.3 Å². The molecule has 4 rings (SSSR count). The molecule has 1 aliphatic rings. The summed E-state index contributed by atoms with van der Waals surface area (Å²) in [6.45, 7) is 2.22. The molecule has 1 aliphatic heterocycles. The first kappa shape index (κ1) is 22.5. The maximum Gasteiger partial charge on any atom is 0.155 e. The monoisotopic (exact) mass is 558 g/mol. The molecule has 4 heteroatoms. The van der Waals surface area contributed by atoms with E-state index in [9.17, 15) is 4.79 Å². The second kappa shape index (κ2) is 10.3. The first-order valence-electron chi connectivity index (χ1n) is 10.4. The van der Waals surface area contributed by atoms with Crippen LogP contribution in [0.15, 0.2) is 95.9 Å². The first-order chi connectivity index (χ1) is 15.1. The average Bonchev–Trinajstić information content (AvgIpc) is 3.22. The number of carbonyl (C=O) groups is 1. The van der Waals surface area contributed by atoms with Crippen molar-refractivity contribution in [2.75, 3.05) is 0 Å². The molecule has 0 saturated carbocycles. The topological polar surface area (TPSA) is 17.1 Å². The minimum absolute atomic E-state index is 0.152. The summed E-state index contributed by atoms with van der Waals surface area (Å²) in [6.07, 6.45) is 6.10. The molecule has 0 aromatic heterocycles. The lowest BCUT2D eigenvalue weighted by atomic mass is 9.69. The fourth-order valence-corrected chi connectivity index (χ4v) is 8.93. The van der Waals surface area contributed by atoms with Gasteiger partial charge in [-0.1, -0.05) is 112 Å². The number of halogens is 2. The zero-order chi connectivity index (χ0) is 21.7. The van der Waals surface area contributed by atoms with Gasteiger partial charge in [-0.2, -0.15) is 0 Å².